The van der Waals surface area contributed by atoms with Crippen molar-refractivity contribution in [3.8, 4) is 0 Å². The van der Waals surface area contributed by atoms with Crippen molar-refractivity contribution in [2.24, 2.45) is 0 Å². The van der Waals surface area contributed by atoms with Crippen molar-refractivity contribution in [1.29, 1.82) is 0 Å². The van der Waals surface area contributed by atoms with E-state index in [4.69, 9.17) is 23.2 Å². The quantitative estimate of drug-likeness (QED) is 0.453. The molecule has 0 saturated heterocycles. The van der Waals surface area contributed by atoms with Crippen molar-refractivity contribution in [1.82, 2.24) is 14.5 Å². The van der Waals surface area contributed by atoms with E-state index in [1.165, 1.54) is 37.2 Å². The predicted molar refractivity (Wildman–Crippen MR) is 145 cm³/mol. The Balaban J connectivity index is 2.55. The summed E-state index contributed by atoms with van der Waals surface area (Å²) in [4.78, 5) is 28.3. The maximum Gasteiger partial charge on any atom is 0.304 e. The first-order valence-electron chi connectivity index (χ1n) is 11.6. The molecule has 0 fully saturated rings. The first-order chi connectivity index (χ1) is 17.1. The summed E-state index contributed by atoms with van der Waals surface area (Å²) < 4.78 is 41.7. The van der Waals surface area contributed by atoms with Crippen LogP contribution in [-0.2, 0) is 26.3 Å². The predicted octanol–water partition coefficient (Wildman–Crippen LogP) is 4.47. The summed E-state index contributed by atoms with van der Waals surface area (Å²) in [7, 11) is -1.50. The van der Waals surface area contributed by atoms with Crippen LogP contribution in [0.15, 0.2) is 42.5 Å². The summed E-state index contributed by atoms with van der Waals surface area (Å²) in [6, 6.07) is 8.62. The third-order valence-electron chi connectivity index (χ3n) is 5.37. The Morgan fingerprint density at radius 1 is 1.05 bits per heavy atom. The van der Waals surface area contributed by atoms with Crippen LogP contribution >= 0.6 is 23.2 Å². The molecule has 0 aliphatic carbocycles. The molecule has 2 rings (SSSR count). The van der Waals surface area contributed by atoms with Crippen LogP contribution in [0, 0.1) is 5.82 Å². The van der Waals surface area contributed by atoms with Crippen molar-refractivity contribution in [3.63, 3.8) is 0 Å². The molecule has 204 valence electrons. The largest absolute Gasteiger partial charge is 0.350 e. The number of amides is 2. The van der Waals surface area contributed by atoms with Gasteiger partial charge in [-0.3, -0.25) is 9.59 Å². The van der Waals surface area contributed by atoms with E-state index in [-0.39, 0.29) is 18.7 Å². The minimum Gasteiger partial charge on any atom is -0.350 e. The maximum absolute atomic E-state index is 13.8. The van der Waals surface area contributed by atoms with Crippen molar-refractivity contribution >= 4 is 50.9 Å². The number of nitrogens with one attached hydrogen (secondary N) is 1. The SMILES string of the molecule is CC[C@H](C(=O)NC(C)(C)C)N(Cc1ccc(Cl)cc1Cl)C(=O)CN(c1ccc(F)cc1)S(=O)(=O)N(C)C. The third kappa shape index (κ3) is 8.29. The molecule has 0 aliphatic rings. The van der Waals surface area contributed by atoms with Gasteiger partial charge in [-0.2, -0.15) is 12.7 Å². The summed E-state index contributed by atoms with van der Waals surface area (Å²) in [5, 5.41) is 3.59. The second kappa shape index (κ2) is 12.4. The maximum atomic E-state index is 13.8. The molecule has 2 aromatic rings. The topological polar surface area (TPSA) is 90.0 Å². The number of benzene rings is 2. The monoisotopic (exact) mass is 574 g/mol. The first kappa shape index (κ1) is 30.8. The van der Waals surface area contributed by atoms with Gasteiger partial charge in [-0.1, -0.05) is 36.2 Å². The van der Waals surface area contributed by atoms with Crippen molar-refractivity contribution in [3.05, 3.63) is 63.9 Å². The van der Waals surface area contributed by atoms with E-state index < -0.39 is 46.0 Å². The fourth-order valence-corrected chi connectivity index (χ4v) is 5.05. The van der Waals surface area contributed by atoms with E-state index in [0.717, 1.165) is 20.7 Å². The molecule has 0 unspecified atom stereocenters. The number of rotatable bonds is 10. The molecular weight excluding hydrogens is 542 g/mol. The number of halogens is 3. The molecule has 0 heterocycles. The lowest BCUT2D eigenvalue weighted by Gasteiger charge is -2.35. The van der Waals surface area contributed by atoms with E-state index in [2.05, 4.69) is 5.32 Å². The van der Waals surface area contributed by atoms with Crippen LogP contribution in [0.3, 0.4) is 0 Å². The molecule has 1 N–H and O–H groups in total. The molecule has 0 spiro atoms. The molecule has 37 heavy (non-hydrogen) atoms. The fourth-order valence-electron chi connectivity index (χ4n) is 3.53. The molecule has 2 aromatic carbocycles. The van der Waals surface area contributed by atoms with Gasteiger partial charge in [0.15, 0.2) is 0 Å². The van der Waals surface area contributed by atoms with E-state index >= 15 is 0 Å². The molecule has 0 aromatic heterocycles. The molecule has 2 amide bonds. The van der Waals surface area contributed by atoms with E-state index in [1.54, 1.807) is 19.1 Å². The molecule has 8 nitrogen and oxygen atoms in total. The average Bonchev–Trinajstić information content (AvgIpc) is 2.78. The fraction of sp³-hybridized carbons (Fsp3) is 0.440. The Morgan fingerprint density at radius 3 is 2.14 bits per heavy atom. The van der Waals surface area contributed by atoms with E-state index in [9.17, 15) is 22.4 Å². The highest BCUT2D eigenvalue weighted by atomic mass is 35.5. The van der Waals surface area contributed by atoms with Crippen molar-refractivity contribution < 1.29 is 22.4 Å². The Labute approximate surface area is 228 Å². The van der Waals surface area contributed by atoms with Crippen LogP contribution in [0.5, 0.6) is 0 Å². The smallest absolute Gasteiger partial charge is 0.304 e. The van der Waals surface area contributed by atoms with Gasteiger partial charge < -0.3 is 10.2 Å². The van der Waals surface area contributed by atoms with Crippen LogP contribution in [0.25, 0.3) is 0 Å². The highest BCUT2D eigenvalue weighted by molar-refractivity contribution is 7.90. The number of nitrogens with zero attached hydrogens (tertiary/aromatic N) is 3. The minimum absolute atomic E-state index is 0.0653. The van der Waals surface area contributed by atoms with E-state index in [0.29, 0.717) is 15.6 Å². The average molecular weight is 576 g/mol. The molecule has 12 heteroatoms. The number of hydrogen-bond donors (Lipinski definition) is 1. The summed E-state index contributed by atoms with van der Waals surface area (Å²) in [6.45, 7) is 6.52. The van der Waals surface area contributed by atoms with Gasteiger partial charge in [-0.25, -0.2) is 8.70 Å². The van der Waals surface area contributed by atoms with Crippen LogP contribution < -0.4 is 9.62 Å². The number of anilines is 1. The van der Waals surface area contributed by atoms with Gasteiger partial charge >= 0.3 is 10.2 Å². The van der Waals surface area contributed by atoms with Gasteiger partial charge in [0.1, 0.15) is 18.4 Å². The zero-order chi connectivity index (χ0) is 28.1. The highest BCUT2D eigenvalue weighted by Crippen LogP contribution is 2.25. The van der Waals surface area contributed by atoms with Gasteiger partial charge in [0.25, 0.3) is 0 Å². The molecule has 0 radical (unpaired) electrons. The van der Waals surface area contributed by atoms with Gasteiger partial charge in [-0.15, -0.1) is 0 Å². The molecule has 1 atom stereocenters. The van der Waals surface area contributed by atoms with Crippen LogP contribution in [0.1, 0.15) is 39.7 Å². The van der Waals surface area contributed by atoms with Crippen LogP contribution in [0.2, 0.25) is 10.0 Å². The van der Waals surface area contributed by atoms with Gasteiger partial charge in [0.05, 0.1) is 5.69 Å². The first-order valence-corrected chi connectivity index (χ1v) is 13.7. The minimum atomic E-state index is -4.15. The highest BCUT2D eigenvalue weighted by Gasteiger charge is 2.35. The zero-order valence-corrected chi connectivity index (χ0v) is 24.1. The number of carbonyl (C=O) groups is 2. The standard InChI is InChI=1S/C25H33Cl2FN4O4S/c1-7-22(24(34)29-25(2,3)4)31(15-17-8-9-18(26)14-21(17)27)23(33)16-32(37(35,36)30(5)6)20-12-10-19(28)11-13-20/h8-14,22H,7,15-16H2,1-6H3,(H,29,34)/t22-/m1/s1. The summed E-state index contributed by atoms with van der Waals surface area (Å²) >= 11 is 12.4. The lowest BCUT2D eigenvalue weighted by Crippen LogP contribution is -2.55. The van der Waals surface area contributed by atoms with E-state index in [1.807, 2.05) is 20.8 Å². The molecule has 0 bridgehead atoms. The summed E-state index contributed by atoms with van der Waals surface area (Å²) in [5.41, 5.74) is 0.0660. The Hall–Kier alpha value is -2.40. The molecular formula is C25H33Cl2FN4O4S. The zero-order valence-electron chi connectivity index (χ0n) is 21.8. The third-order valence-corrected chi connectivity index (χ3v) is 7.78. The Bertz CT molecular complexity index is 1220. The van der Waals surface area contributed by atoms with Crippen molar-refractivity contribution in [2.45, 2.75) is 52.2 Å². The Morgan fingerprint density at radius 2 is 1.65 bits per heavy atom. The van der Waals surface area contributed by atoms with Crippen molar-refractivity contribution in [2.75, 3.05) is 24.9 Å². The normalized spacial score (nSPS) is 12.8. The summed E-state index contributed by atoms with van der Waals surface area (Å²) in [5.74, 6) is -1.59. The van der Waals surface area contributed by atoms with Gasteiger partial charge in [0, 0.05) is 36.2 Å². The van der Waals surface area contributed by atoms with Gasteiger partial charge in [0.2, 0.25) is 11.8 Å². The lowest BCUT2D eigenvalue weighted by molar-refractivity contribution is -0.141. The molecule has 0 saturated carbocycles. The second-order valence-electron chi connectivity index (χ2n) is 9.69. The lowest BCUT2D eigenvalue weighted by atomic mass is 10.1. The Kier molecular flexibility index (Phi) is 10.4. The summed E-state index contributed by atoms with van der Waals surface area (Å²) in [6.07, 6.45) is 0.260. The number of carbonyl (C=O) groups excluding carboxylic acids is 2. The van der Waals surface area contributed by atoms with Gasteiger partial charge in [-0.05, 0) is 69.2 Å². The second-order valence-corrected chi connectivity index (χ2v) is 12.6. The molecule has 0 aliphatic heterocycles. The van der Waals surface area contributed by atoms with Crippen LogP contribution in [-0.4, -0.2) is 61.7 Å². The number of hydrogen-bond acceptors (Lipinski definition) is 4. The van der Waals surface area contributed by atoms with Crippen LogP contribution in [0.4, 0.5) is 10.1 Å².